The van der Waals surface area contributed by atoms with Gasteiger partial charge in [-0.05, 0) is 13.0 Å². The minimum Gasteiger partial charge on any atom is -0.361 e. The first-order chi connectivity index (χ1) is 9.66. The van der Waals surface area contributed by atoms with Gasteiger partial charge in [0.2, 0.25) is 0 Å². The highest BCUT2D eigenvalue weighted by Gasteiger charge is 2.04. The van der Waals surface area contributed by atoms with Crippen molar-refractivity contribution in [2.75, 3.05) is 0 Å². The van der Waals surface area contributed by atoms with Crippen LogP contribution < -0.4 is 11.2 Å². The van der Waals surface area contributed by atoms with E-state index in [4.69, 9.17) is 0 Å². The number of nitrogens with one attached hydrogen (secondary N) is 2. The molecule has 0 aliphatic carbocycles. The molecule has 2 heterocycles. The Hall–Kier alpha value is -2.96. The van der Waals surface area contributed by atoms with E-state index in [2.05, 4.69) is 20.3 Å². The van der Waals surface area contributed by atoms with Crippen LogP contribution in [0.5, 0.6) is 0 Å². The number of aromatic amines is 2. The fraction of sp³-hybridized carbons (Fsp3) is 0.0769. The van der Waals surface area contributed by atoms with Crippen LogP contribution in [-0.4, -0.2) is 26.1 Å². The summed E-state index contributed by atoms with van der Waals surface area (Å²) in [6.07, 6.45) is 3.23. The van der Waals surface area contributed by atoms with Gasteiger partial charge in [-0.15, -0.1) is 4.68 Å². The molecule has 3 aromatic rings. The van der Waals surface area contributed by atoms with Gasteiger partial charge in [0.1, 0.15) is 5.69 Å². The molecule has 3 rings (SSSR count). The van der Waals surface area contributed by atoms with E-state index in [9.17, 15) is 9.59 Å². The first-order valence-electron chi connectivity index (χ1n) is 5.95. The zero-order valence-electron chi connectivity index (χ0n) is 10.6. The maximum absolute atomic E-state index is 11.8. The van der Waals surface area contributed by atoms with Gasteiger partial charge in [-0.25, -0.2) is 9.89 Å². The second kappa shape index (κ2) is 4.61. The molecule has 7 nitrogen and oxygen atoms in total. The summed E-state index contributed by atoms with van der Waals surface area (Å²) in [6, 6.07) is 7.69. The van der Waals surface area contributed by atoms with Crippen LogP contribution >= 0.6 is 0 Å². The maximum atomic E-state index is 11.8. The van der Waals surface area contributed by atoms with Crippen molar-refractivity contribution in [3.8, 4) is 0 Å². The summed E-state index contributed by atoms with van der Waals surface area (Å²) in [5, 5.41) is 10.7. The number of rotatable bonds is 2. The third-order valence-corrected chi connectivity index (χ3v) is 2.95. The molecule has 7 heteroatoms. The summed E-state index contributed by atoms with van der Waals surface area (Å²) in [5.74, 6) is 0. The fourth-order valence-electron chi connectivity index (χ4n) is 1.90. The van der Waals surface area contributed by atoms with E-state index in [0.717, 1.165) is 21.1 Å². The number of aromatic nitrogens is 4. The Morgan fingerprint density at radius 3 is 2.95 bits per heavy atom. The van der Waals surface area contributed by atoms with Crippen molar-refractivity contribution in [1.82, 2.24) is 19.9 Å². The highest BCUT2D eigenvalue weighted by atomic mass is 16.2. The van der Waals surface area contributed by atoms with Crippen molar-refractivity contribution in [3.05, 3.63) is 62.6 Å². The number of para-hydroxylation sites is 1. The van der Waals surface area contributed by atoms with Gasteiger partial charge in [-0.2, -0.15) is 10.2 Å². The molecule has 0 amide bonds. The molecule has 0 fully saturated rings. The molecular formula is C13H11N5O2. The molecule has 0 saturated heterocycles. The number of hydrogen-bond donors (Lipinski definition) is 2. The first kappa shape index (κ1) is 12.1. The number of fused-ring (bicyclic) bond motifs is 1. The van der Waals surface area contributed by atoms with E-state index in [0.29, 0.717) is 0 Å². The third kappa shape index (κ3) is 1.95. The topological polar surface area (TPSA) is 95.9 Å². The van der Waals surface area contributed by atoms with Crippen LogP contribution in [0.2, 0.25) is 0 Å². The summed E-state index contributed by atoms with van der Waals surface area (Å²) in [5.41, 5.74) is 0.727. The smallest absolute Gasteiger partial charge is 0.361 e. The first-order valence-corrected chi connectivity index (χ1v) is 5.95. The zero-order valence-corrected chi connectivity index (χ0v) is 10.6. The van der Waals surface area contributed by atoms with E-state index in [1.165, 1.54) is 13.1 Å². The molecule has 0 aliphatic heterocycles. The Morgan fingerprint density at radius 1 is 1.30 bits per heavy atom. The van der Waals surface area contributed by atoms with Crippen LogP contribution in [0.15, 0.2) is 45.2 Å². The van der Waals surface area contributed by atoms with Gasteiger partial charge in [0.15, 0.2) is 0 Å². The van der Waals surface area contributed by atoms with Crippen LogP contribution in [0.25, 0.3) is 10.9 Å². The number of hydrogen-bond acceptors (Lipinski definition) is 4. The highest BCUT2D eigenvalue weighted by Crippen LogP contribution is 2.15. The molecule has 0 bridgehead atoms. The highest BCUT2D eigenvalue weighted by molar-refractivity contribution is 5.98. The summed E-state index contributed by atoms with van der Waals surface area (Å²) in [4.78, 5) is 26.4. The van der Waals surface area contributed by atoms with Gasteiger partial charge >= 0.3 is 5.69 Å². The van der Waals surface area contributed by atoms with E-state index in [1.807, 2.05) is 24.3 Å². The average Bonchev–Trinajstić information content (AvgIpc) is 2.87. The summed E-state index contributed by atoms with van der Waals surface area (Å²) >= 11 is 0. The Bertz CT molecular complexity index is 916. The van der Waals surface area contributed by atoms with Gasteiger partial charge in [-0.1, -0.05) is 18.2 Å². The minimum absolute atomic E-state index is 0.181. The lowest BCUT2D eigenvalue weighted by Gasteiger charge is -1.96. The number of benzene rings is 1. The van der Waals surface area contributed by atoms with Crippen molar-refractivity contribution in [2.45, 2.75) is 6.92 Å². The summed E-state index contributed by atoms with van der Waals surface area (Å²) < 4.78 is 0.754. The van der Waals surface area contributed by atoms with Gasteiger partial charge in [0, 0.05) is 22.7 Å². The minimum atomic E-state index is -0.670. The molecule has 2 N–H and O–H groups in total. The molecule has 0 radical (unpaired) electrons. The van der Waals surface area contributed by atoms with Crippen molar-refractivity contribution >= 4 is 17.1 Å². The number of nitrogens with zero attached hydrogens (tertiary/aromatic N) is 3. The van der Waals surface area contributed by atoms with Crippen LogP contribution in [0.4, 0.5) is 0 Å². The van der Waals surface area contributed by atoms with Crippen LogP contribution in [0.3, 0.4) is 0 Å². The van der Waals surface area contributed by atoms with Gasteiger partial charge in [0.25, 0.3) is 5.56 Å². The Kier molecular flexibility index (Phi) is 2.79. The maximum Gasteiger partial charge on any atom is 0.365 e. The van der Waals surface area contributed by atoms with Crippen molar-refractivity contribution in [1.29, 1.82) is 0 Å². The monoisotopic (exact) mass is 269 g/mol. The largest absolute Gasteiger partial charge is 0.365 e. The van der Waals surface area contributed by atoms with Crippen LogP contribution in [0, 0.1) is 6.92 Å². The standard InChI is InChI=1S/C13H11N5O2/c1-8-12(19)18(13(20)17-16-8)15-7-9-6-14-11-5-3-2-4-10(9)11/h2-7,14H,1H3,(H,17,20)/b15-7+. The van der Waals surface area contributed by atoms with Crippen LogP contribution in [0.1, 0.15) is 11.3 Å². The van der Waals surface area contributed by atoms with Crippen LogP contribution in [-0.2, 0) is 0 Å². The number of H-pyrrole nitrogens is 2. The molecule has 0 unspecified atom stereocenters. The molecule has 0 aliphatic rings. The lowest BCUT2D eigenvalue weighted by Crippen LogP contribution is -2.35. The molecule has 1 aromatic carbocycles. The average molecular weight is 269 g/mol. The normalized spacial score (nSPS) is 11.4. The van der Waals surface area contributed by atoms with E-state index in [-0.39, 0.29) is 5.69 Å². The summed E-state index contributed by atoms with van der Waals surface area (Å²) in [7, 11) is 0. The predicted molar refractivity (Wildman–Crippen MR) is 75.1 cm³/mol. The Morgan fingerprint density at radius 2 is 2.10 bits per heavy atom. The molecule has 2 aromatic heterocycles. The van der Waals surface area contributed by atoms with Crippen molar-refractivity contribution in [2.24, 2.45) is 5.10 Å². The SMILES string of the molecule is Cc1n[nH]c(=O)n(/N=C/c2c[nH]c3ccccc23)c1=O. The molecule has 100 valence electrons. The zero-order chi connectivity index (χ0) is 14.1. The van der Waals surface area contributed by atoms with Gasteiger partial charge in [0.05, 0.1) is 6.21 Å². The second-order valence-corrected chi connectivity index (χ2v) is 4.27. The van der Waals surface area contributed by atoms with E-state index >= 15 is 0 Å². The Balaban J connectivity index is 2.10. The van der Waals surface area contributed by atoms with Gasteiger partial charge < -0.3 is 4.98 Å². The van der Waals surface area contributed by atoms with Crippen molar-refractivity contribution in [3.63, 3.8) is 0 Å². The molecule has 0 saturated carbocycles. The molecule has 20 heavy (non-hydrogen) atoms. The lowest BCUT2D eigenvalue weighted by atomic mass is 10.2. The molecule has 0 spiro atoms. The fourth-order valence-corrected chi connectivity index (χ4v) is 1.90. The van der Waals surface area contributed by atoms with E-state index in [1.54, 1.807) is 6.20 Å². The third-order valence-electron chi connectivity index (χ3n) is 2.95. The quantitative estimate of drug-likeness (QED) is 0.667. The number of aryl methyl sites for hydroxylation is 1. The Labute approximate surface area is 112 Å². The summed E-state index contributed by atoms with van der Waals surface area (Å²) in [6.45, 7) is 1.51. The van der Waals surface area contributed by atoms with Crippen molar-refractivity contribution < 1.29 is 0 Å². The molecular weight excluding hydrogens is 258 g/mol. The second-order valence-electron chi connectivity index (χ2n) is 4.27. The van der Waals surface area contributed by atoms with Gasteiger partial charge in [-0.3, -0.25) is 4.79 Å². The lowest BCUT2D eigenvalue weighted by molar-refractivity contribution is 0.694. The van der Waals surface area contributed by atoms with E-state index < -0.39 is 11.2 Å². The molecule has 0 atom stereocenters. The predicted octanol–water partition coefficient (Wildman–Crippen LogP) is 0.604.